The Morgan fingerprint density at radius 3 is 2.44 bits per heavy atom. The Morgan fingerprint density at radius 2 is 1.88 bits per heavy atom. The van der Waals surface area contributed by atoms with E-state index in [1.54, 1.807) is 0 Å². The predicted molar refractivity (Wildman–Crippen MR) is 60.3 cm³/mol. The van der Waals surface area contributed by atoms with E-state index < -0.39 is 0 Å². The first-order valence-corrected chi connectivity index (χ1v) is 6.08. The van der Waals surface area contributed by atoms with Gasteiger partial charge in [0.1, 0.15) is 0 Å². The lowest BCUT2D eigenvalue weighted by Gasteiger charge is -2.31. The SMILES string of the molecule is CCCC(=O)ONC(=O)C1(C)CCCCC1. The lowest BCUT2D eigenvalue weighted by molar-refractivity contribution is -0.162. The minimum Gasteiger partial charge on any atom is -0.341 e. The van der Waals surface area contributed by atoms with Crippen molar-refractivity contribution in [3.05, 3.63) is 0 Å². The van der Waals surface area contributed by atoms with Gasteiger partial charge in [0.05, 0.1) is 0 Å². The molecule has 1 rings (SSSR count). The molecule has 0 saturated heterocycles. The highest BCUT2D eigenvalue weighted by atomic mass is 16.7. The van der Waals surface area contributed by atoms with Crippen molar-refractivity contribution in [2.45, 2.75) is 58.8 Å². The summed E-state index contributed by atoms with van der Waals surface area (Å²) in [6, 6.07) is 0. The third kappa shape index (κ3) is 3.51. The van der Waals surface area contributed by atoms with Crippen LogP contribution in [0.3, 0.4) is 0 Å². The third-order valence-electron chi connectivity index (χ3n) is 3.22. The molecule has 1 N–H and O–H groups in total. The standard InChI is InChI=1S/C12H21NO3/c1-3-7-10(14)16-13-11(15)12(2)8-5-4-6-9-12/h3-9H2,1-2H3,(H,13,15). The fourth-order valence-corrected chi connectivity index (χ4v) is 2.04. The fourth-order valence-electron chi connectivity index (χ4n) is 2.04. The molecule has 1 saturated carbocycles. The van der Waals surface area contributed by atoms with Crippen LogP contribution in [0.1, 0.15) is 58.8 Å². The Balaban J connectivity index is 2.36. The number of nitrogens with one attached hydrogen (secondary N) is 1. The smallest absolute Gasteiger partial charge is 0.332 e. The maximum absolute atomic E-state index is 11.8. The minimum atomic E-state index is -0.366. The van der Waals surface area contributed by atoms with E-state index in [-0.39, 0.29) is 17.3 Å². The molecule has 1 amide bonds. The van der Waals surface area contributed by atoms with Gasteiger partial charge in [-0.3, -0.25) is 4.79 Å². The molecule has 0 radical (unpaired) electrons. The molecule has 4 nitrogen and oxygen atoms in total. The van der Waals surface area contributed by atoms with Gasteiger partial charge in [-0.05, 0) is 19.3 Å². The second-order valence-electron chi connectivity index (χ2n) is 4.78. The van der Waals surface area contributed by atoms with Crippen molar-refractivity contribution >= 4 is 11.9 Å². The van der Waals surface area contributed by atoms with Crippen LogP contribution < -0.4 is 5.48 Å². The summed E-state index contributed by atoms with van der Waals surface area (Å²) in [5.74, 6) is -0.521. The van der Waals surface area contributed by atoms with Crippen LogP contribution in [0.2, 0.25) is 0 Å². The molecule has 0 heterocycles. The Hall–Kier alpha value is -1.06. The monoisotopic (exact) mass is 227 g/mol. The first kappa shape index (κ1) is 13.0. The van der Waals surface area contributed by atoms with Crippen molar-refractivity contribution in [2.24, 2.45) is 5.41 Å². The molecule has 0 unspecified atom stereocenters. The lowest BCUT2D eigenvalue weighted by Crippen LogP contribution is -2.41. The number of hydroxylamine groups is 1. The maximum Gasteiger partial charge on any atom is 0.332 e. The van der Waals surface area contributed by atoms with Gasteiger partial charge in [-0.15, -0.1) is 0 Å². The second kappa shape index (κ2) is 5.87. The fraction of sp³-hybridized carbons (Fsp3) is 0.833. The first-order chi connectivity index (χ1) is 7.58. The van der Waals surface area contributed by atoms with Gasteiger partial charge in [0.25, 0.3) is 5.91 Å². The zero-order chi connectivity index (χ0) is 12.0. The average Bonchev–Trinajstić information content (AvgIpc) is 2.27. The average molecular weight is 227 g/mol. The molecule has 0 aliphatic heterocycles. The molecule has 0 aromatic carbocycles. The van der Waals surface area contributed by atoms with Crippen LogP contribution in [-0.4, -0.2) is 11.9 Å². The number of hydrogen-bond acceptors (Lipinski definition) is 3. The Morgan fingerprint density at radius 1 is 1.25 bits per heavy atom. The molecule has 1 fully saturated rings. The van der Waals surface area contributed by atoms with Crippen molar-refractivity contribution in [2.75, 3.05) is 0 Å². The quantitative estimate of drug-likeness (QED) is 0.753. The van der Waals surface area contributed by atoms with E-state index in [9.17, 15) is 9.59 Å². The Labute approximate surface area is 96.7 Å². The highest BCUT2D eigenvalue weighted by molar-refractivity contribution is 5.83. The summed E-state index contributed by atoms with van der Waals surface area (Å²) < 4.78 is 0. The number of amides is 1. The molecule has 0 spiro atoms. The van der Waals surface area contributed by atoms with Crippen LogP contribution in [0, 0.1) is 5.41 Å². The Kier molecular flexibility index (Phi) is 4.77. The van der Waals surface area contributed by atoms with E-state index in [1.807, 2.05) is 13.8 Å². The number of carbonyl (C=O) groups excluding carboxylic acids is 2. The zero-order valence-corrected chi connectivity index (χ0v) is 10.2. The summed E-state index contributed by atoms with van der Waals surface area (Å²) in [7, 11) is 0. The van der Waals surface area contributed by atoms with Crippen LogP contribution in [0.25, 0.3) is 0 Å². The molecule has 1 aliphatic rings. The lowest BCUT2D eigenvalue weighted by atomic mass is 9.75. The number of hydrogen-bond donors (Lipinski definition) is 1. The summed E-state index contributed by atoms with van der Waals surface area (Å²) in [5.41, 5.74) is 1.93. The molecular formula is C12H21NO3. The molecule has 1 aliphatic carbocycles. The van der Waals surface area contributed by atoms with E-state index in [1.165, 1.54) is 6.42 Å². The van der Waals surface area contributed by atoms with Gasteiger partial charge >= 0.3 is 5.97 Å². The van der Waals surface area contributed by atoms with Crippen LogP contribution in [-0.2, 0) is 14.4 Å². The molecule has 92 valence electrons. The van der Waals surface area contributed by atoms with E-state index in [0.29, 0.717) is 6.42 Å². The second-order valence-corrected chi connectivity index (χ2v) is 4.78. The van der Waals surface area contributed by atoms with Gasteiger partial charge in [-0.25, -0.2) is 4.79 Å². The van der Waals surface area contributed by atoms with Gasteiger partial charge in [0.2, 0.25) is 0 Å². The van der Waals surface area contributed by atoms with Crippen LogP contribution in [0.4, 0.5) is 0 Å². The summed E-state index contributed by atoms with van der Waals surface area (Å²) >= 11 is 0. The van der Waals surface area contributed by atoms with E-state index in [0.717, 1.165) is 32.1 Å². The van der Waals surface area contributed by atoms with Gasteiger partial charge in [0, 0.05) is 11.8 Å². The highest BCUT2D eigenvalue weighted by Crippen LogP contribution is 2.35. The van der Waals surface area contributed by atoms with E-state index in [4.69, 9.17) is 4.84 Å². The maximum atomic E-state index is 11.8. The molecule has 0 aromatic heterocycles. The molecule has 4 heteroatoms. The largest absolute Gasteiger partial charge is 0.341 e. The molecule has 0 atom stereocenters. The topological polar surface area (TPSA) is 55.4 Å². The van der Waals surface area contributed by atoms with Gasteiger partial charge < -0.3 is 4.84 Å². The molecular weight excluding hydrogens is 206 g/mol. The van der Waals surface area contributed by atoms with Crippen molar-refractivity contribution < 1.29 is 14.4 Å². The van der Waals surface area contributed by atoms with Crippen LogP contribution >= 0.6 is 0 Å². The van der Waals surface area contributed by atoms with Gasteiger partial charge in [0.15, 0.2) is 0 Å². The third-order valence-corrected chi connectivity index (χ3v) is 3.22. The zero-order valence-electron chi connectivity index (χ0n) is 10.2. The normalized spacial score (nSPS) is 18.9. The highest BCUT2D eigenvalue weighted by Gasteiger charge is 2.35. The molecule has 0 bridgehead atoms. The van der Waals surface area contributed by atoms with Crippen LogP contribution in [0.5, 0.6) is 0 Å². The minimum absolute atomic E-state index is 0.156. The Bertz CT molecular complexity index is 257. The van der Waals surface area contributed by atoms with Gasteiger partial charge in [-0.2, -0.15) is 5.48 Å². The first-order valence-electron chi connectivity index (χ1n) is 6.08. The van der Waals surface area contributed by atoms with Crippen molar-refractivity contribution in [3.63, 3.8) is 0 Å². The number of rotatable bonds is 3. The van der Waals surface area contributed by atoms with Crippen molar-refractivity contribution in [1.29, 1.82) is 0 Å². The van der Waals surface area contributed by atoms with Crippen molar-refractivity contribution in [3.8, 4) is 0 Å². The molecule has 0 aromatic rings. The van der Waals surface area contributed by atoms with Crippen LogP contribution in [0.15, 0.2) is 0 Å². The number of carbonyl (C=O) groups is 2. The van der Waals surface area contributed by atoms with Gasteiger partial charge in [-0.1, -0.05) is 33.1 Å². The summed E-state index contributed by atoms with van der Waals surface area (Å²) in [4.78, 5) is 27.7. The van der Waals surface area contributed by atoms with Crippen molar-refractivity contribution in [1.82, 2.24) is 5.48 Å². The van der Waals surface area contributed by atoms with E-state index >= 15 is 0 Å². The van der Waals surface area contributed by atoms with E-state index in [2.05, 4.69) is 5.48 Å². The summed E-state index contributed by atoms with van der Waals surface area (Å²) in [6.07, 6.45) is 6.18. The predicted octanol–water partition coefficient (Wildman–Crippen LogP) is 2.33. The summed E-state index contributed by atoms with van der Waals surface area (Å²) in [6.45, 7) is 3.83. The molecule has 16 heavy (non-hydrogen) atoms. The summed E-state index contributed by atoms with van der Waals surface area (Å²) in [5, 5.41) is 0.